The fourth-order valence-electron chi connectivity index (χ4n) is 2.17. The Kier molecular flexibility index (Phi) is 3.74. The summed E-state index contributed by atoms with van der Waals surface area (Å²) < 4.78 is 1.65. The van der Waals surface area contributed by atoms with E-state index in [1.54, 1.807) is 4.57 Å². The van der Waals surface area contributed by atoms with Gasteiger partial charge >= 0.3 is 0 Å². The van der Waals surface area contributed by atoms with Crippen molar-refractivity contribution in [1.29, 1.82) is 0 Å². The minimum Gasteiger partial charge on any atom is -0.345 e. The minimum atomic E-state index is -0.372. The Morgan fingerprint density at radius 2 is 2.33 bits per heavy atom. The predicted molar refractivity (Wildman–Crippen MR) is 76.8 cm³/mol. The number of carbonyl (C=O) groups excluding carboxylic acids is 2. The molecule has 1 amide bonds. The van der Waals surface area contributed by atoms with Crippen molar-refractivity contribution >= 4 is 33.9 Å². The van der Waals surface area contributed by atoms with Gasteiger partial charge in [-0.1, -0.05) is 11.8 Å². The van der Waals surface area contributed by atoms with Gasteiger partial charge in [0.05, 0.1) is 18.7 Å². The number of amides is 1. The monoisotopic (exact) mass is 307 g/mol. The summed E-state index contributed by atoms with van der Waals surface area (Å²) in [6.45, 7) is 0.354. The summed E-state index contributed by atoms with van der Waals surface area (Å²) in [6, 6.07) is -0.372. The van der Waals surface area contributed by atoms with Crippen molar-refractivity contribution in [1.82, 2.24) is 24.8 Å². The number of nitrogens with zero attached hydrogens (tertiary/aromatic N) is 3. The van der Waals surface area contributed by atoms with Crippen LogP contribution in [-0.4, -0.2) is 42.3 Å². The summed E-state index contributed by atoms with van der Waals surface area (Å²) in [4.78, 5) is 45.3. The highest BCUT2D eigenvalue weighted by atomic mass is 32.2. The highest BCUT2D eigenvalue weighted by Gasteiger charge is 2.26. The molecule has 0 aliphatic carbocycles. The fourth-order valence-corrected chi connectivity index (χ4v) is 3.10. The van der Waals surface area contributed by atoms with Crippen LogP contribution < -0.4 is 10.9 Å². The zero-order valence-corrected chi connectivity index (χ0v) is 11.9. The number of H-pyrrole nitrogens is 1. The highest BCUT2D eigenvalue weighted by molar-refractivity contribution is 8.14. The number of thioether (sulfide) groups is 1. The number of aromatic nitrogens is 4. The molecule has 2 aromatic heterocycles. The van der Waals surface area contributed by atoms with E-state index in [9.17, 15) is 14.4 Å². The summed E-state index contributed by atoms with van der Waals surface area (Å²) in [5, 5.41) is 2.74. The SMILES string of the molecule is O=C(CCn1cnc2c(=O)[nH]cnc21)NC1CCSC1=O. The lowest BCUT2D eigenvalue weighted by Gasteiger charge is -2.10. The number of carbonyl (C=O) groups is 2. The highest BCUT2D eigenvalue weighted by Crippen LogP contribution is 2.19. The first-order chi connectivity index (χ1) is 10.1. The van der Waals surface area contributed by atoms with Crippen LogP contribution in [0.1, 0.15) is 12.8 Å². The van der Waals surface area contributed by atoms with Crippen molar-refractivity contribution < 1.29 is 9.59 Å². The molecule has 2 N–H and O–H groups in total. The van der Waals surface area contributed by atoms with Gasteiger partial charge < -0.3 is 14.9 Å². The maximum Gasteiger partial charge on any atom is 0.278 e. The van der Waals surface area contributed by atoms with Crippen molar-refractivity contribution in [3.8, 4) is 0 Å². The van der Waals surface area contributed by atoms with E-state index in [2.05, 4.69) is 20.3 Å². The van der Waals surface area contributed by atoms with E-state index >= 15 is 0 Å². The summed E-state index contributed by atoms with van der Waals surface area (Å²) in [5.41, 5.74) is 0.385. The number of hydrogen-bond acceptors (Lipinski definition) is 6. The summed E-state index contributed by atoms with van der Waals surface area (Å²) in [6.07, 6.45) is 3.67. The molecule has 2 aromatic rings. The molecule has 3 heterocycles. The van der Waals surface area contributed by atoms with Crippen LogP contribution in [0.2, 0.25) is 0 Å². The van der Waals surface area contributed by atoms with Crippen molar-refractivity contribution in [3.63, 3.8) is 0 Å². The molecule has 1 atom stereocenters. The molecule has 0 aromatic carbocycles. The number of aromatic amines is 1. The maximum absolute atomic E-state index is 11.8. The van der Waals surface area contributed by atoms with Crippen LogP contribution in [0.4, 0.5) is 0 Å². The number of aryl methyl sites for hydroxylation is 1. The molecule has 0 saturated carbocycles. The molecule has 0 spiro atoms. The second kappa shape index (κ2) is 5.68. The molecule has 1 aliphatic heterocycles. The lowest BCUT2D eigenvalue weighted by atomic mass is 10.2. The van der Waals surface area contributed by atoms with Gasteiger partial charge in [0.2, 0.25) is 11.0 Å². The van der Waals surface area contributed by atoms with Crippen LogP contribution in [-0.2, 0) is 16.1 Å². The summed E-state index contributed by atoms with van der Waals surface area (Å²) in [5.74, 6) is 0.561. The third-order valence-corrected chi connectivity index (χ3v) is 4.27. The van der Waals surface area contributed by atoms with Crippen molar-refractivity contribution in [3.05, 3.63) is 23.0 Å². The van der Waals surface area contributed by atoms with Crippen molar-refractivity contribution in [2.24, 2.45) is 0 Å². The van der Waals surface area contributed by atoms with E-state index in [-0.39, 0.29) is 34.6 Å². The van der Waals surface area contributed by atoms with Crippen LogP contribution >= 0.6 is 11.8 Å². The van der Waals surface area contributed by atoms with Crippen molar-refractivity contribution in [2.75, 3.05) is 5.75 Å². The molecule has 1 unspecified atom stereocenters. The molecule has 3 rings (SSSR count). The second-order valence-corrected chi connectivity index (χ2v) is 5.77. The Hall–Kier alpha value is -2.16. The number of fused-ring (bicyclic) bond motifs is 1. The molecule has 9 heteroatoms. The molecule has 110 valence electrons. The van der Waals surface area contributed by atoms with Gasteiger partial charge in [-0.3, -0.25) is 14.4 Å². The lowest BCUT2D eigenvalue weighted by Crippen LogP contribution is -2.37. The molecule has 1 fully saturated rings. The van der Waals surface area contributed by atoms with E-state index < -0.39 is 0 Å². The number of hydrogen-bond donors (Lipinski definition) is 2. The Labute approximate surface area is 123 Å². The van der Waals surface area contributed by atoms with Crippen LogP contribution in [0.25, 0.3) is 11.2 Å². The molecule has 0 radical (unpaired) electrons. The van der Waals surface area contributed by atoms with Crippen LogP contribution in [0.15, 0.2) is 17.4 Å². The summed E-state index contributed by atoms with van der Waals surface area (Å²) in [7, 11) is 0. The van der Waals surface area contributed by atoms with E-state index in [1.807, 2.05) is 0 Å². The smallest absolute Gasteiger partial charge is 0.278 e. The molecular formula is C12H13N5O3S. The maximum atomic E-state index is 11.8. The Morgan fingerprint density at radius 1 is 1.48 bits per heavy atom. The third kappa shape index (κ3) is 2.82. The van der Waals surface area contributed by atoms with Crippen molar-refractivity contribution in [2.45, 2.75) is 25.4 Å². The predicted octanol–water partition coefficient (Wildman–Crippen LogP) is -0.342. The topological polar surface area (TPSA) is 110 Å². The Bertz CT molecular complexity index is 753. The first-order valence-electron chi connectivity index (χ1n) is 6.49. The third-order valence-electron chi connectivity index (χ3n) is 3.26. The van der Waals surface area contributed by atoms with Crippen LogP contribution in [0.5, 0.6) is 0 Å². The number of rotatable bonds is 4. The van der Waals surface area contributed by atoms with E-state index in [4.69, 9.17) is 0 Å². The standard InChI is InChI=1S/C12H13N5O3S/c18-8(16-7-2-4-21-12(7)20)1-3-17-6-15-9-10(17)13-5-14-11(9)19/h5-7H,1-4H2,(H,16,18)(H,13,14,19). The van der Waals surface area contributed by atoms with E-state index in [0.29, 0.717) is 18.6 Å². The quantitative estimate of drug-likeness (QED) is 0.799. The first kappa shape index (κ1) is 13.8. The molecule has 8 nitrogen and oxygen atoms in total. The molecule has 0 bridgehead atoms. The average Bonchev–Trinajstić information content (AvgIpc) is 3.05. The average molecular weight is 307 g/mol. The first-order valence-corrected chi connectivity index (χ1v) is 7.48. The minimum absolute atomic E-state index is 0.0182. The van der Waals surface area contributed by atoms with E-state index in [0.717, 1.165) is 5.75 Å². The van der Waals surface area contributed by atoms with Gasteiger partial charge in [0, 0.05) is 18.7 Å². The molecule has 21 heavy (non-hydrogen) atoms. The van der Waals surface area contributed by atoms with Crippen LogP contribution in [0.3, 0.4) is 0 Å². The molecular weight excluding hydrogens is 294 g/mol. The molecule has 1 saturated heterocycles. The van der Waals surface area contributed by atoms with Gasteiger partial charge in [-0.25, -0.2) is 9.97 Å². The zero-order valence-electron chi connectivity index (χ0n) is 11.0. The largest absolute Gasteiger partial charge is 0.345 e. The van der Waals surface area contributed by atoms with Gasteiger partial charge in [-0.15, -0.1) is 0 Å². The Balaban J connectivity index is 1.64. The lowest BCUT2D eigenvalue weighted by molar-refractivity contribution is -0.124. The van der Waals surface area contributed by atoms with Gasteiger partial charge in [0.25, 0.3) is 5.56 Å². The zero-order chi connectivity index (χ0) is 14.8. The second-order valence-electron chi connectivity index (χ2n) is 4.67. The van der Waals surface area contributed by atoms with E-state index in [1.165, 1.54) is 24.4 Å². The van der Waals surface area contributed by atoms with Gasteiger partial charge in [0.1, 0.15) is 0 Å². The summed E-state index contributed by atoms with van der Waals surface area (Å²) >= 11 is 1.25. The fraction of sp³-hybridized carbons (Fsp3) is 0.417. The van der Waals surface area contributed by atoms with Gasteiger partial charge in [-0.05, 0) is 6.42 Å². The molecule has 1 aliphatic rings. The number of nitrogens with one attached hydrogen (secondary N) is 2. The Morgan fingerprint density at radius 3 is 3.10 bits per heavy atom. The number of imidazole rings is 1. The van der Waals surface area contributed by atoms with Gasteiger partial charge in [0.15, 0.2) is 11.2 Å². The van der Waals surface area contributed by atoms with Gasteiger partial charge in [-0.2, -0.15) is 0 Å². The van der Waals surface area contributed by atoms with Crippen LogP contribution in [0, 0.1) is 0 Å². The normalized spacial score (nSPS) is 18.3.